The molecule has 1 aromatic heterocycles. The topological polar surface area (TPSA) is 32.9 Å². The molecule has 1 heterocycles. The van der Waals surface area contributed by atoms with Crippen LogP contribution in [0, 0.1) is 5.82 Å². The Labute approximate surface area is 122 Å². The lowest BCUT2D eigenvalue weighted by Crippen LogP contribution is -2.20. The van der Waals surface area contributed by atoms with Crippen LogP contribution in [0.5, 0.6) is 0 Å². The SMILES string of the molecule is CC(C)(c1ccc(F)cc1)c1c(C=O)[nH]c2ccccc12. The van der Waals surface area contributed by atoms with Crippen molar-refractivity contribution in [1.82, 2.24) is 4.98 Å². The Morgan fingerprint density at radius 1 is 1.05 bits per heavy atom. The number of nitrogens with one attached hydrogen (secondary N) is 1. The lowest BCUT2D eigenvalue weighted by molar-refractivity contribution is 0.111. The molecule has 0 radical (unpaired) electrons. The van der Waals surface area contributed by atoms with Crippen LogP contribution in [0.25, 0.3) is 10.9 Å². The quantitative estimate of drug-likeness (QED) is 0.707. The van der Waals surface area contributed by atoms with Crippen molar-refractivity contribution < 1.29 is 9.18 Å². The van der Waals surface area contributed by atoms with Gasteiger partial charge in [-0.1, -0.05) is 44.2 Å². The molecule has 0 aliphatic heterocycles. The standard InChI is InChI=1S/C18H16FNO/c1-18(2,12-7-9-13(19)10-8-12)17-14-5-3-4-6-15(14)20-16(17)11-21/h3-11,20H,1-2H3. The van der Waals surface area contributed by atoms with Crippen molar-refractivity contribution in [3.8, 4) is 0 Å². The van der Waals surface area contributed by atoms with Crippen LogP contribution in [0.3, 0.4) is 0 Å². The number of hydrogen-bond donors (Lipinski definition) is 1. The van der Waals surface area contributed by atoms with Gasteiger partial charge in [-0.15, -0.1) is 0 Å². The number of aldehydes is 1. The van der Waals surface area contributed by atoms with E-state index in [9.17, 15) is 9.18 Å². The second-order valence-corrected chi connectivity index (χ2v) is 5.71. The fourth-order valence-electron chi connectivity index (χ4n) is 2.94. The van der Waals surface area contributed by atoms with Crippen molar-refractivity contribution in [3.05, 3.63) is 71.2 Å². The predicted molar refractivity (Wildman–Crippen MR) is 82.2 cm³/mol. The summed E-state index contributed by atoms with van der Waals surface area (Å²) in [7, 11) is 0. The highest BCUT2D eigenvalue weighted by Gasteiger charge is 2.29. The van der Waals surface area contributed by atoms with Gasteiger partial charge >= 0.3 is 0 Å². The molecule has 3 heteroatoms. The minimum Gasteiger partial charge on any atom is -0.352 e. The highest BCUT2D eigenvalue weighted by Crippen LogP contribution is 2.38. The van der Waals surface area contributed by atoms with Crippen LogP contribution in [0.15, 0.2) is 48.5 Å². The van der Waals surface area contributed by atoms with Gasteiger partial charge in [0.15, 0.2) is 6.29 Å². The van der Waals surface area contributed by atoms with Gasteiger partial charge in [-0.2, -0.15) is 0 Å². The highest BCUT2D eigenvalue weighted by molar-refractivity contribution is 5.93. The van der Waals surface area contributed by atoms with E-state index in [1.54, 1.807) is 12.1 Å². The first-order chi connectivity index (χ1) is 10.0. The summed E-state index contributed by atoms with van der Waals surface area (Å²) in [5, 5.41) is 1.02. The van der Waals surface area contributed by atoms with Crippen LogP contribution in [0.2, 0.25) is 0 Å². The zero-order valence-corrected chi connectivity index (χ0v) is 12.0. The van der Waals surface area contributed by atoms with E-state index in [1.807, 2.05) is 38.1 Å². The second-order valence-electron chi connectivity index (χ2n) is 5.71. The van der Waals surface area contributed by atoms with E-state index < -0.39 is 5.41 Å². The molecule has 0 aliphatic rings. The number of benzene rings is 2. The van der Waals surface area contributed by atoms with Crippen molar-refractivity contribution in [3.63, 3.8) is 0 Å². The molecule has 1 N–H and O–H groups in total. The molecule has 0 unspecified atom stereocenters. The van der Waals surface area contributed by atoms with Crippen LogP contribution in [-0.4, -0.2) is 11.3 Å². The third-order valence-electron chi connectivity index (χ3n) is 4.04. The normalized spacial score (nSPS) is 11.8. The maximum absolute atomic E-state index is 13.2. The number of fused-ring (bicyclic) bond motifs is 1. The number of aromatic amines is 1. The van der Waals surface area contributed by atoms with Crippen molar-refractivity contribution in [1.29, 1.82) is 0 Å². The smallest absolute Gasteiger partial charge is 0.166 e. The maximum atomic E-state index is 13.2. The van der Waals surface area contributed by atoms with Crippen molar-refractivity contribution in [2.24, 2.45) is 0 Å². The molecule has 21 heavy (non-hydrogen) atoms. The lowest BCUT2D eigenvalue weighted by atomic mass is 9.76. The van der Waals surface area contributed by atoms with Gasteiger partial charge in [0.25, 0.3) is 0 Å². The minimum absolute atomic E-state index is 0.260. The predicted octanol–water partition coefficient (Wildman–Crippen LogP) is 4.45. The Morgan fingerprint density at radius 2 is 1.71 bits per heavy atom. The van der Waals surface area contributed by atoms with E-state index in [0.717, 1.165) is 28.3 Å². The number of aromatic nitrogens is 1. The minimum atomic E-state index is -0.399. The van der Waals surface area contributed by atoms with E-state index in [4.69, 9.17) is 0 Å². The molecular formula is C18H16FNO. The molecule has 0 fully saturated rings. The highest BCUT2D eigenvalue weighted by atomic mass is 19.1. The number of H-pyrrole nitrogens is 1. The number of carbonyl (C=O) groups excluding carboxylic acids is 1. The van der Waals surface area contributed by atoms with Crippen LogP contribution in [0.4, 0.5) is 4.39 Å². The summed E-state index contributed by atoms with van der Waals surface area (Å²) < 4.78 is 13.2. The number of rotatable bonds is 3. The first-order valence-electron chi connectivity index (χ1n) is 6.86. The van der Waals surface area contributed by atoms with E-state index in [0.29, 0.717) is 5.69 Å². The summed E-state index contributed by atoms with van der Waals surface area (Å²) in [6.45, 7) is 4.09. The van der Waals surface area contributed by atoms with Gasteiger partial charge < -0.3 is 4.98 Å². The third-order valence-corrected chi connectivity index (χ3v) is 4.04. The Bertz CT molecular complexity index is 800. The third kappa shape index (κ3) is 2.15. The second kappa shape index (κ2) is 4.85. The monoisotopic (exact) mass is 281 g/mol. The fourth-order valence-corrected chi connectivity index (χ4v) is 2.94. The number of hydrogen-bond acceptors (Lipinski definition) is 1. The van der Waals surface area contributed by atoms with E-state index in [-0.39, 0.29) is 5.82 Å². The lowest BCUT2D eigenvalue weighted by Gasteiger charge is -2.26. The van der Waals surface area contributed by atoms with Gasteiger partial charge in [-0.3, -0.25) is 4.79 Å². The van der Waals surface area contributed by atoms with Gasteiger partial charge in [-0.25, -0.2) is 4.39 Å². The Hall–Kier alpha value is -2.42. The van der Waals surface area contributed by atoms with E-state index >= 15 is 0 Å². The Kier molecular flexibility index (Phi) is 3.13. The van der Waals surface area contributed by atoms with Crippen molar-refractivity contribution in [2.75, 3.05) is 0 Å². The maximum Gasteiger partial charge on any atom is 0.166 e. The van der Waals surface area contributed by atoms with Gasteiger partial charge in [0.05, 0.1) is 5.69 Å². The number of carbonyl (C=O) groups is 1. The van der Waals surface area contributed by atoms with Gasteiger partial charge in [-0.05, 0) is 29.3 Å². The molecule has 0 bridgehead atoms. The van der Waals surface area contributed by atoms with Crippen molar-refractivity contribution in [2.45, 2.75) is 19.3 Å². The molecule has 3 aromatic rings. The van der Waals surface area contributed by atoms with E-state index in [2.05, 4.69) is 4.98 Å². The summed E-state index contributed by atoms with van der Waals surface area (Å²) in [4.78, 5) is 14.6. The molecule has 0 saturated carbocycles. The number of para-hydroxylation sites is 1. The summed E-state index contributed by atoms with van der Waals surface area (Å²) in [5.41, 5.74) is 3.02. The van der Waals surface area contributed by atoms with E-state index in [1.165, 1.54) is 12.1 Å². The summed E-state index contributed by atoms with van der Waals surface area (Å²) in [5.74, 6) is -0.260. The molecule has 0 aliphatic carbocycles. The molecule has 0 spiro atoms. The first-order valence-corrected chi connectivity index (χ1v) is 6.86. The van der Waals surface area contributed by atoms with Gasteiger partial charge in [0.1, 0.15) is 5.82 Å². The molecule has 106 valence electrons. The molecule has 3 rings (SSSR count). The van der Waals surface area contributed by atoms with Crippen molar-refractivity contribution >= 4 is 17.2 Å². The zero-order valence-electron chi connectivity index (χ0n) is 12.0. The van der Waals surface area contributed by atoms with Gasteiger partial charge in [0.2, 0.25) is 0 Å². The largest absolute Gasteiger partial charge is 0.352 e. The molecule has 0 atom stereocenters. The van der Waals surface area contributed by atoms with Gasteiger partial charge in [0, 0.05) is 16.3 Å². The average molecular weight is 281 g/mol. The van der Waals surface area contributed by atoms with Crippen LogP contribution < -0.4 is 0 Å². The molecular weight excluding hydrogens is 265 g/mol. The Morgan fingerprint density at radius 3 is 2.38 bits per heavy atom. The average Bonchev–Trinajstić information content (AvgIpc) is 2.87. The first kappa shape index (κ1) is 13.6. The molecule has 0 amide bonds. The molecule has 0 saturated heterocycles. The fraction of sp³-hybridized carbons (Fsp3) is 0.167. The zero-order chi connectivity index (χ0) is 15.0. The molecule has 2 nitrogen and oxygen atoms in total. The van der Waals surface area contributed by atoms with Crippen LogP contribution in [0.1, 0.15) is 35.5 Å². The summed E-state index contributed by atoms with van der Waals surface area (Å²) in [6, 6.07) is 14.3. The molecule has 2 aromatic carbocycles. The van der Waals surface area contributed by atoms with Crippen LogP contribution >= 0.6 is 0 Å². The Balaban J connectivity index is 2.27. The summed E-state index contributed by atoms with van der Waals surface area (Å²) in [6.07, 6.45) is 0.848. The van der Waals surface area contributed by atoms with Crippen LogP contribution in [-0.2, 0) is 5.41 Å². The number of halogens is 1. The summed E-state index contributed by atoms with van der Waals surface area (Å²) >= 11 is 0.